The van der Waals surface area contributed by atoms with Crippen LogP contribution in [0, 0.1) is 44.3 Å². The van der Waals surface area contributed by atoms with Crippen molar-refractivity contribution in [2.45, 2.75) is 111 Å². The van der Waals surface area contributed by atoms with Gasteiger partial charge in [0, 0.05) is 5.41 Å². The molecular weight excluding hydrogens is 412 g/mol. The Morgan fingerprint density at radius 3 is 2.15 bits per heavy atom. The number of aliphatic hydroxyl groups is 4. The molecule has 4 N–H and O–H groups in total. The fourth-order valence-electron chi connectivity index (χ4n) is 10.7. The number of aliphatic hydroxyl groups excluding tert-OH is 4. The van der Waals surface area contributed by atoms with Crippen LogP contribution in [0.2, 0.25) is 0 Å². The van der Waals surface area contributed by atoms with E-state index in [9.17, 15) is 20.4 Å². The van der Waals surface area contributed by atoms with Crippen LogP contribution in [0.5, 0.6) is 0 Å². The molecule has 4 fully saturated rings. The first kappa shape index (κ1) is 24.3. The van der Waals surface area contributed by atoms with E-state index in [0.29, 0.717) is 23.2 Å². The molecule has 4 nitrogen and oxygen atoms in total. The van der Waals surface area contributed by atoms with Crippen molar-refractivity contribution in [1.29, 1.82) is 0 Å². The van der Waals surface area contributed by atoms with Gasteiger partial charge in [-0.2, -0.15) is 0 Å². The Balaban J connectivity index is 1.53. The van der Waals surface area contributed by atoms with E-state index < -0.39 is 17.6 Å². The van der Waals surface area contributed by atoms with Gasteiger partial charge in [-0.05, 0) is 103 Å². The van der Waals surface area contributed by atoms with Crippen molar-refractivity contribution in [3.63, 3.8) is 0 Å². The van der Waals surface area contributed by atoms with Gasteiger partial charge in [0.25, 0.3) is 0 Å². The van der Waals surface area contributed by atoms with Gasteiger partial charge in [-0.1, -0.05) is 46.3 Å². The van der Waals surface area contributed by atoms with E-state index in [2.05, 4.69) is 40.7 Å². The second-order valence-electron chi connectivity index (χ2n) is 14.6. The second kappa shape index (κ2) is 7.31. The van der Waals surface area contributed by atoms with Crippen LogP contribution in [-0.4, -0.2) is 45.8 Å². The lowest BCUT2D eigenvalue weighted by atomic mass is 9.34. The molecule has 188 valence electrons. The number of hydrogen-bond acceptors (Lipinski definition) is 4. The molecule has 4 saturated carbocycles. The Labute approximate surface area is 200 Å². The van der Waals surface area contributed by atoms with E-state index in [0.717, 1.165) is 19.3 Å². The SMILES string of the molecule is CC1(C)CC[C@]2(CC[C@]3(C)C(=CC[C@@H]4[C@@]5(C)C[C@@H](O)[C@H](O)C(CO)(CO)[C@@H]5CC[C@]43C)C2)C1. The topological polar surface area (TPSA) is 80.9 Å². The molecule has 5 aliphatic carbocycles. The molecule has 4 heteroatoms. The highest BCUT2D eigenvalue weighted by atomic mass is 16.3. The summed E-state index contributed by atoms with van der Waals surface area (Å²) in [6, 6.07) is 0. The molecule has 0 saturated heterocycles. The highest BCUT2D eigenvalue weighted by Crippen LogP contribution is 2.74. The minimum Gasteiger partial charge on any atom is -0.396 e. The van der Waals surface area contributed by atoms with E-state index in [1.54, 1.807) is 5.57 Å². The second-order valence-corrected chi connectivity index (χ2v) is 14.6. The van der Waals surface area contributed by atoms with E-state index in [4.69, 9.17) is 0 Å². The normalized spacial score (nSPS) is 52.6. The fourth-order valence-corrected chi connectivity index (χ4v) is 10.7. The molecule has 0 aromatic heterocycles. The van der Waals surface area contributed by atoms with Gasteiger partial charge < -0.3 is 20.4 Å². The van der Waals surface area contributed by atoms with Gasteiger partial charge in [0.2, 0.25) is 0 Å². The Hall–Kier alpha value is -0.420. The van der Waals surface area contributed by atoms with E-state index >= 15 is 0 Å². The van der Waals surface area contributed by atoms with Crippen molar-refractivity contribution in [1.82, 2.24) is 0 Å². The molecule has 1 spiro atoms. The molecule has 5 aliphatic rings. The van der Waals surface area contributed by atoms with Crippen molar-refractivity contribution < 1.29 is 20.4 Å². The van der Waals surface area contributed by atoms with Gasteiger partial charge in [0.15, 0.2) is 0 Å². The average molecular weight is 461 g/mol. The van der Waals surface area contributed by atoms with Gasteiger partial charge in [0.05, 0.1) is 25.4 Å². The first-order chi connectivity index (χ1) is 15.3. The third-order valence-corrected chi connectivity index (χ3v) is 12.7. The predicted octanol–water partition coefficient (Wildman–Crippen LogP) is 4.84. The monoisotopic (exact) mass is 460 g/mol. The summed E-state index contributed by atoms with van der Waals surface area (Å²) in [4.78, 5) is 0. The van der Waals surface area contributed by atoms with Crippen LogP contribution in [-0.2, 0) is 0 Å². The maximum Gasteiger partial charge on any atom is 0.0902 e. The van der Waals surface area contributed by atoms with Gasteiger partial charge in [0.1, 0.15) is 0 Å². The third-order valence-electron chi connectivity index (χ3n) is 12.7. The van der Waals surface area contributed by atoms with Crippen LogP contribution in [0.4, 0.5) is 0 Å². The van der Waals surface area contributed by atoms with Crippen LogP contribution < -0.4 is 0 Å². The molecule has 0 bridgehead atoms. The molecule has 5 rings (SSSR count). The maximum atomic E-state index is 11.0. The zero-order chi connectivity index (χ0) is 24.1. The molecule has 0 unspecified atom stereocenters. The highest BCUT2D eigenvalue weighted by Gasteiger charge is 2.69. The average Bonchev–Trinajstić information content (AvgIpc) is 3.05. The summed E-state index contributed by atoms with van der Waals surface area (Å²) in [5.74, 6) is 0.395. The van der Waals surface area contributed by atoms with Gasteiger partial charge in [-0.15, -0.1) is 0 Å². The van der Waals surface area contributed by atoms with Crippen molar-refractivity contribution in [3.8, 4) is 0 Å². The molecule has 0 radical (unpaired) electrons. The minimum atomic E-state index is -1.07. The largest absolute Gasteiger partial charge is 0.396 e. The Morgan fingerprint density at radius 2 is 1.55 bits per heavy atom. The quantitative estimate of drug-likeness (QED) is 0.445. The summed E-state index contributed by atoms with van der Waals surface area (Å²) in [7, 11) is 0. The van der Waals surface area contributed by atoms with Gasteiger partial charge >= 0.3 is 0 Å². The molecule has 0 aromatic rings. The van der Waals surface area contributed by atoms with Crippen LogP contribution in [0.25, 0.3) is 0 Å². The summed E-state index contributed by atoms with van der Waals surface area (Å²) in [6.07, 6.45) is 12.0. The summed E-state index contributed by atoms with van der Waals surface area (Å²) >= 11 is 0. The van der Waals surface area contributed by atoms with Crippen molar-refractivity contribution in [2.75, 3.05) is 13.2 Å². The lowest BCUT2D eigenvalue weighted by Crippen LogP contribution is -2.69. The van der Waals surface area contributed by atoms with Crippen LogP contribution in [0.1, 0.15) is 98.8 Å². The van der Waals surface area contributed by atoms with E-state index in [1.807, 2.05) is 0 Å². The standard InChI is InChI=1S/C29H48O4/c1-24(2)10-12-28(16-24)13-11-26(4)19(14-28)6-7-21-25(3)15-20(32)23(33)29(17-30,18-31)22(25)8-9-27(21,26)5/h6,20-23,30-33H,7-18H2,1-5H3/t20-,21-,22-,23+,25-,26-,27-,28-/m1/s1. The summed E-state index contributed by atoms with van der Waals surface area (Å²) < 4.78 is 0. The van der Waals surface area contributed by atoms with Crippen molar-refractivity contribution in [3.05, 3.63) is 11.6 Å². The maximum absolute atomic E-state index is 11.0. The third kappa shape index (κ3) is 3.02. The highest BCUT2D eigenvalue weighted by molar-refractivity contribution is 5.31. The smallest absolute Gasteiger partial charge is 0.0902 e. The van der Waals surface area contributed by atoms with Crippen LogP contribution in [0.3, 0.4) is 0 Å². The zero-order valence-electron chi connectivity index (χ0n) is 21.7. The van der Waals surface area contributed by atoms with E-state index in [-0.39, 0.29) is 35.4 Å². The van der Waals surface area contributed by atoms with E-state index in [1.165, 1.54) is 38.5 Å². The molecule has 0 amide bonds. The van der Waals surface area contributed by atoms with Gasteiger partial charge in [-0.25, -0.2) is 0 Å². The molecule has 0 aliphatic heterocycles. The van der Waals surface area contributed by atoms with Crippen LogP contribution >= 0.6 is 0 Å². The first-order valence-electron chi connectivity index (χ1n) is 13.6. The van der Waals surface area contributed by atoms with Gasteiger partial charge in [-0.3, -0.25) is 0 Å². The van der Waals surface area contributed by atoms with Crippen molar-refractivity contribution >= 4 is 0 Å². The zero-order valence-corrected chi connectivity index (χ0v) is 21.7. The lowest BCUT2D eigenvalue weighted by Gasteiger charge is -2.70. The lowest BCUT2D eigenvalue weighted by molar-refractivity contribution is -0.255. The molecule has 33 heavy (non-hydrogen) atoms. The molecule has 0 heterocycles. The summed E-state index contributed by atoms with van der Waals surface area (Å²) in [5.41, 5.74) is 1.72. The van der Waals surface area contributed by atoms with Crippen molar-refractivity contribution in [2.24, 2.45) is 44.3 Å². The number of allylic oxidation sites excluding steroid dienone is 2. The molecule has 0 aromatic carbocycles. The first-order valence-corrected chi connectivity index (χ1v) is 13.6. The summed E-state index contributed by atoms with van der Waals surface area (Å²) in [5, 5.41) is 42.7. The number of fused-ring (bicyclic) bond motifs is 5. The number of hydrogen-bond donors (Lipinski definition) is 4. The molecular formula is C29H48O4. The Bertz CT molecular complexity index is 829. The van der Waals surface area contributed by atoms with Crippen LogP contribution in [0.15, 0.2) is 11.6 Å². The Kier molecular flexibility index (Phi) is 5.38. The fraction of sp³-hybridized carbons (Fsp3) is 0.931. The summed E-state index contributed by atoms with van der Waals surface area (Å²) in [6.45, 7) is 11.7. The Morgan fingerprint density at radius 1 is 0.879 bits per heavy atom. The molecule has 8 atom stereocenters. The minimum absolute atomic E-state index is 0.0144. The predicted molar refractivity (Wildman–Crippen MR) is 130 cm³/mol. The number of rotatable bonds is 2.